The summed E-state index contributed by atoms with van der Waals surface area (Å²) in [5.41, 5.74) is -1.03. The van der Waals surface area contributed by atoms with Gasteiger partial charge in [-0.1, -0.05) is 23.7 Å². The Balaban J connectivity index is 1.63. The van der Waals surface area contributed by atoms with Crippen LogP contribution in [0.4, 0.5) is 13.2 Å². The number of aromatic nitrogens is 3. The molecule has 0 spiro atoms. The monoisotopic (exact) mass is 581 g/mol. The topological polar surface area (TPSA) is 108 Å². The Bertz CT molecular complexity index is 1400. The van der Waals surface area contributed by atoms with Gasteiger partial charge in [0, 0.05) is 30.8 Å². The van der Waals surface area contributed by atoms with E-state index in [2.05, 4.69) is 10.4 Å². The van der Waals surface area contributed by atoms with Gasteiger partial charge in [-0.2, -0.15) is 13.2 Å². The van der Waals surface area contributed by atoms with Crippen molar-refractivity contribution in [1.82, 2.24) is 24.6 Å². The van der Waals surface area contributed by atoms with Crippen LogP contribution in [0.25, 0.3) is 11.4 Å². The molecular weight excluding hydrogens is 555 g/mol. The second-order valence-electron chi connectivity index (χ2n) is 8.98. The zero-order valence-electron chi connectivity index (χ0n) is 21.5. The molecule has 40 heavy (non-hydrogen) atoms. The van der Waals surface area contributed by atoms with E-state index < -0.39 is 41.8 Å². The smallest absolute Gasteiger partial charge is 0.383 e. The maximum Gasteiger partial charge on any atom is 0.416 e. The highest BCUT2D eigenvalue weighted by Crippen LogP contribution is 2.31. The van der Waals surface area contributed by atoms with Crippen LogP contribution in [0.2, 0.25) is 5.02 Å². The van der Waals surface area contributed by atoms with Gasteiger partial charge < -0.3 is 19.7 Å². The highest BCUT2D eigenvalue weighted by Gasteiger charge is 2.34. The summed E-state index contributed by atoms with van der Waals surface area (Å²) in [4.78, 5) is 41.1. The normalized spacial score (nSPS) is 14.7. The number of amides is 2. The summed E-state index contributed by atoms with van der Waals surface area (Å²) in [6.07, 6.45) is -4.65. The van der Waals surface area contributed by atoms with Crippen LogP contribution < -0.4 is 11.0 Å². The molecule has 1 atom stereocenters. The summed E-state index contributed by atoms with van der Waals surface area (Å²) in [7, 11) is 1.48. The molecular formula is C26H27ClF3N5O5. The molecule has 2 aromatic carbocycles. The minimum Gasteiger partial charge on any atom is -0.383 e. The number of carbonyl (C=O) groups excluding carboxylic acids is 2. The van der Waals surface area contributed by atoms with Crippen molar-refractivity contribution in [2.24, 2.45) is 0 Å². The molecule has 1 aliphatic rings. The number of ether oxygens (including phenoxy) is 2. The van der Waals surface area contributed by atoms with Crippen LogP contribution in [0.1, 0.15) is 17.2 Å². The molecule has 14 heteroatoms. The van der Waals surface area contributed by atoms with Crippen molar-refractivity contribution in [3.05, 3.63) is 75.2 Å². The number of hydrogen-bond acceptors (Lipinski definition) is 6. The first-order valence-electron chi connectivity index (χ1n) is 12.3. The molecule has 0 radical (unpaired) electrons. The summed E-state index contributed by atoms with van der Waals surface area (Å²) >= 11 is 5.98. The first-order valence-corrected chi connectivity index (χ1v) is 12.7. The van der Waals surface area contributed by atoms with Crippen molar-refractivity contribution in [2.75, 3.05) is 40.0 Å². The van der Waals surface area contributed by atoms with Gasteiger partial charge in [-0.15, -0.1) is 5.10 Å². The van der Waals surface area contributed by atoms with Crippen molar-refractivity contribution >= 4 is 23.4 Å². The number of benzene rings is 2. The first-order chi connectivity index (χ1) is 19.1. The van der Waals surface area contributed by atoms with E-state index in [4.69, 9.17) is 21.1 Å². The summed E-state index contributed by atoms with van der Waals surface area (Å²) in [6, 6.07) is 9.39. The maximum atomic E-state index is 13.4. The van der Waals surface area contributed by atoms with E-state index in [0.29, 0.717) is 10.6 Å². The third-order valence-electron chi connectivity index (χ3n) is 6.26. The lowest BCUT2D eigenvalue weighted by atomic mass is 10.0. The number of morpholine rings is 1. The van der Waals surface area contributed by atoms with Gasteiger partial charge in [-0.05, 0) is 42.0 Å². The van der Waals surface area contributed by atoms with Gasteiger partial charge in [-0.25, -0.2) is 9.48 Å². The van der Waals surface area contributed by atoms with Crippen molar-refractivity contribution in [3.8, 4) is 11.4 Å². The van der Waals surface area contributed by atoms with Crippen LogP contribution in [0.5, 0.6) is 0 Å². The van der Waals surface area contributed by atoms with E-state index in [1.807, 2.05) is 0 Å². The number of methoxy groups -OCH3 is 1. The molecule has 1 N–H and O–H groups in total. The summed E-state index contributed by atoms with van der Waals surface area (Å²) in [5, 5.41) is 7.31. The van der Waals surface area contributed by atoms with Gasteiger partial charge in [0.05, 0.1) is 31.9 Å². The Morgan fingerprint density at radius 3 is 2.50 bits per heavy atom. The summed E-state index contributed by atoms with van der Waals surface area (Å²) in [6.45, 7) is 0.732. The van der Waals surface area contributed by atoms with E-state index in [0.717, 1.165) is 16.8 Å². The highest BCUT2D eigenvalue weighted by molar-refractivity contribution is 6.30. The Labute approximate surface area is 232 Å². The molecule has 0 bridgehead atoms. The molecule has 1 saturated heterocycles. The van der Waals surface area contributed by atoms with Crippen LogP contribution in [-0.4, -0.2) is 71.1 Å². The van der Waals surface area contributed by atoms with Gasteiger partial charge in [0.2, 0.25) is 11.8 Å². The van der Waals surface area contributed by atoms with Crippen molar-refractivity contribution in [2.45, 2.75) is 25.3 Å². The Hall–Kier alpha value is -3.68. The predicted octanol–water partition coefficient (Wildman–Crippen LogP) is 2.75. The van der Waals surface area contributed by atoms with E-state index in [-0.39, 0.29) is 50.8 Å². The maximum absolute atomic E-state index is 13.4. The molecule has 4 rings (SSSR count). The van der Waals surface area contributed by atoms with Crippen LogP contribution in [-0.2, 0) is 38.3 Å². The van der Waals surface area contributed by atoms with Gasteiger partial charge in [0.15, 0.2) is 5.82 Å². The average molecular weight is 582 g/mol. The van der Waals surface area contributed by atoms with Gasteiger partial charge in [-0.3, -0.25) is 14.2 Å². The highest BCUT2D eigenvalue weighted by atomic mass is 35.5. The number of hydrogen-bond donors (Lipinski definition) is 1. The number of alkyl halides is 3. The molecule has 1 fully saturated rings. The number of nitrogens with zero attached hydrogens (tertiary/aromatic N) is 4. The van der Waals surface area contributed by atoms with Crippen molar-refractivity contribution < 1.29 is 32.2 Å². The zero-order chi connectivity index (χ0) is 28.9. The predicted molar refractivity (Wildman–Crippen MR) is 139 cm³/mol. The van der Waals surface area contributed by atoms with Crippen molar-refractivity contribution in [1.29, 1.82) is 0 Å². The van der Waals surface area contributed by atoms with Crippen LogP contribution in [0.3, 0.4) is 0 Å². The lowest BCUT2D eigenvalue weighted by Crippen LogP contribution is -2.48. The fraction of sp³-hybridized carbons (Fsp3) is 0.385. The number of carbonyl (C=O) groups is 2. The minimum absolute atomic E-state index is 0.0421. The summed E-state index contributed by atoms with van der Waals surface area (Å²) in [5.74, 6) is -1.11. The molecule has 1 aromatic heterocycles. The molecule has 2 amide bonds. The van der Waals surface area contributed by atoms with Crippen LogP contribution in [0, 0.1) is 0 Å². The third kappa shape index (κ3) is 6.90. The third-order valence-corrected chi connectivity index (χ3v) is 6.51. The fourth-order valence-electron chi connectivity index (χ4n) is 4.23. The molecule has 1 aliphatic heterocycles. The second-order valence-corrected chi connectivity index (χ2v) is 9.41. The molecule has 0 saturated carbocycles. The lowest BCUT2D eigenvalue weighted by Gasteiger charge is -2.31. The largest absolute Gasteiger partial charge is 0.416 e. The first kappa shape index (κ1) is 29.3. The van der Waals surface area contributed by atoms with Gasteiger partial charge >= 0.3 is 11.9 Å². The molecule has 0 unspecified atom stereocenters. The molecule has 2 heterocycles. The Morgan fingerprint density at radius 2 is 1.85 bits per heavy atom. The Kier molecular flexibility index (Phi) is 9.28. The van der Waals surface area contributed by atoms with Gasteiger partial charge in [0.25, 0.3) is 0 Å². The zero-order valence-corrected chi connectivity index (χ0v) is 22.2. The van der Waals surface area contributed by atoms with Crippen LogP contribution >= 0.6 is 11.6 Å². The minimum atomic E-state index is -4.65. The van der Waals surface area contributed by atoms with E-state index in [1.165, 1.54) is 28.7 Å². The number of nitrogens with one attached hydrogen (secondary N) is 1. The molecule has 214 valence electrons. The second kappa shape index (κ2) is 12.7. The lowest BCUT2D eigenvalue weighted by molar-refractivity contribution is -0.141. The standard InChI is InChI=1S/C26H27ClF3N5O5/c1-39-12-11-34-23(17-5-7-20(27)8-6-17)32-35(25(34)38)16-21(36)31-22(24(37)33-9-13-40-14-10-33)18-3-2-4-19(15-18)26(28,29)30/h2-8,15,22H,9-14,16H2,1H3,(H,31,36)/t22-/m1/s1. The quantitative estimate of drug-likeness (QED) is 0.416. The SMILES string of the molecule is COCCn1c(-c2ccc(Cl)cc2)nn(CC(=O)N[C@@H](C(=O)N2CCOCC2)c2cccc(C(F)(F)F)c2)c1=O. The van der Waals surface area contributed by atoms with E-state index >= 15 is 0 Å². The van der Waals surface area contributed by atoms with E-state index in [9.17, 15) is 27.6 Å². The number of halogens is 4. The average Bonchev–Trinajstić information content (AvgIpc) is 3.25. The Morgan fingerprint density at radius 1 is 1.15 bits per heavy atom. The van der Waals surface area contributed by atoms with Crippen LogP contribution in [0.15, 0.2) is 53.3 Å². The summed E-state index contributed by atoms with van der Waals surface area (Å²) < 4.78 is 52.8. The van der Waals surface area contributed by atoms with Crippen molar-refractivity contribution in [3.63, 3.8) is 0 Å². The fourth-order valence-corrected chi connectivity index (χ4v) is 4.36. The number of rotatable bonds is 9. The molecule has 3 aromatic rings. The van der Waals surface area contributed by atoms with E-state index in [1.54, 1.807) is 24.3 Å². The van der Waals surface area contributed by atoms with Gasteiger partial charge in [0.1, 0.15) is 12.6 Å². The molecule has 0 aliphatic carbocycles. The molecule has 10 nitrogen and oxygen atoms in total.